The zero-order valence-corrected chi connectivity index (χ0v) is 36.4. The first-order valence-electron chi connectivity index (χ1n) is 22.1. The van der Waals surface area contributed by atoms with Gasteiger partial charge in [-0.3, -0.25) is 23.4 Å². The third-order valence-corrected chi connectivity index (χ3v) is 10.5. The van der Waals surface area contributed by atoms with Crippen molar-refractivity contribution in [2.45, 2.75) is 206 Å². The number of phosphoric acid groups is 1. The number of esters is 2. The molecule has 0 aliphatic carbocycles. The smallest absolute Gasteiger partial charge is 0.462 e. The Morgan fingerprint density at radius 3 is 1.66 bits per heavy atom. The molecule has 3 atom stereocenters. The van der Waals surface area contributed by atoms with Crippen LogP contribution in [0.15, 0.2) is 24.3 Å². The molecule has 0 rings (SSSR count). The van der Waals surface area contributed by atoms with Gasteiger partial charge in [-0.15, -0.1) is 0 Å². The summed E-state index contributed by atoms with van der Waals surface area (Å²) in [4.78, 5) is 47.0. The Bertz CT molecular complexity index is 1060. The summed E-state index contributed by atoms with van der Waals surface area (Å²) in [6.45, 7) is 4.54. The van der Waals surface area contributed by atoms with E-state index in [2.05, 4.69) is 31.4 Å². The van der Waals surface area contributed by atoms with Gasteiger partial charge in [-0.1, -0.05) is 161 Å². The fourth-order valence-electron chi connectivity index (χ4n) is 6.04. The van der Waals surface area contributed by atoms with Crippen molar-refractivity contribution in [2.75, 3.05) is 26.4 Å². The summed E-state index contributed by atoms with van der Waals surface area (Å²) in [6.07, 6.45) is 32.5. The average molecular weight is 817 g/mol. The molecule has 0 aromatic carbocycles. The largest absolute Gasteiger partial charge is 0.472 e. The van der Waals surface area contributed by atoms with Gasteiger partial charge in [0, 0.05) is 19.3 Å². The Hall–Kier alpha value is -1.88. The molecule has 0 fully saturated rings. The van der Waals surface area contributed by atoms with Crippen molar-refractivity contribution in [3.63, 3.8) is 0 Å². The number of allylic oxidation sites excluding steroid dienone is 4. The molecular weight excluding hydrogens is 735 g/mol. The van der Waals surface area contributed by atoms with Crippen LogP contribution in [0.3, 0.4) is 0 Å². The molecule has 12 heteroatoms. The molecule has 0 aliphatic rings. The fraction of sp³-hybridized carbons (Fsp3) is 0.841. The Morgan fingerprint density at radius 1 is 0.625 bits per heavy atom. The van der Waals surface area contributed by atoms with E-state index in [9.17, 15) is 28.9 Å². The van der Waals surface area contributed by atoms with Gasteiger partial charge >= 0.3 is 19.8 Å². The van der Waals surface area contributed by atoms with E-state index in [1.165, 1.54) is 89.9 Å². The topological polar surface area (TPSA) is 166 Å². The molecule has 0 aromatic rings. The van der Waals surface area contributed by atoms with E-state index in [0.29, 0.717) is 19.3 Å². The number of hydrogen-bond acceptors (Lipinski definition) is 10. The maximum atomic E-state index is 12.6. The molecule has 0 heterocycles. The number of ketones is 1. The number of ether oxygens (including phenoxy) is 2. The van der Waals surface area contributed by atoms with Crippen molar-refractivity contribution in [1.82, 2.24) is 0 Å². The Morgan fingerprint density at radius 2 is 1.12 bits per heavy atom. The van der Waals surface area contributed by atoms with Crippen LogP contribution >= 0.6 is 7.82 Å². The average Bonchev–Trinajstić information content (AvgIpc) is 3.16. The van der Waals surface area contributed by atoms with E-state index in [1.807, 2.05) is 6.08 Å². The molecule has 0 bridgehead atoms. The van der Waals surface area contributed by atoms with Gasteiger partial charge in [-0.2, -0.15) is 0 Å². The number of unbranched alkanes of at least 4 members (excludes halogenated alkanes) is 20. The molecule has 3 N–H and O–H groups in total. The van der Waals surface area contributed by atoms with E-state index in [0.717, 1.165) is 57.3 Å². The Kier molecular flexibility index (Phi) is 37.3. The van der Waals surface area contributed by atoms with Crippen molar-refractivity contribution < 1.29 is 52.6 Å². The second kappa shape index (κ2) is 38.6. The molecule has 0 saturated carbocycles. The standard InChI is InChI=1S/C44H81O11P/c1-4-5-6-7-16-21-26-31-40(46)32-27-22-19-24-28-33-43(48)52-37-42(38-54-56(50,51)53-36-41(47)35-45)55-44(49)34-29-23-18-15-13-11-9-8-10-12-14-17-20-25-30-39(2)3/h16,21,26,31,39,41-42,45,47H,4-15,17-20,22-25,27-30,32-38H2,1-3H3,(H,50,51)/b21-16-,31-26+/t41-,42+/m0/s1. The van der Waals surface area contributed by atoms with Crippen molar-refractivity contribution in [1.29, 1.82) is 0 Å². The molecular formula is C44H81O11P. The Labute approximate surface area is 340 Å². The van der Waals surface area contributed by atoms with Gasteiger partial charge in [0.1, 0.15) is 12.7 Å². The van der Waals surface area contributed by atoms with Crippen LogP contribution in [-0.2, 0) is 37.5 Å². The van der Waals surface area contributed by atoms with Crippen molar-refractivity contribution in [3.05, 3.63) is 24.3 Å². The summed E-state index contributed by atoms with van der Waals surface area (Å²) in [5.74, 6) is -0.0874. The van der Waals surface area contributed by atoms with E-state index >= 15 is 0 Å². The predicted octanol–water partition coefficient (Wildman–Crippen LogP) is 10.8. The summed E-state index contributed by atoms with van der Waals surface area (Å²) in [6, 6.07) is 0. The lowest BCUT2D eigenvalue weighted by Crippen LogP contribution is -2.29. The minimum absolute atomic E-state index is 0.109. The molecule has 0 saturated heterocycles. The van der Waals surface area contributed by atoms with Gasteiger partial charge in [0.15, 0.2) is 11.9 Å². The first-order valence-corrected chi connectivity index (χ1v) is 23.6. The van der Waals surface area contributed by atoms with E-state index < -0.39 is 51.8 Å². The lowest BCUT2D eigenvalue weighted by Gasteiger charge is -2.20. The van der Waals surface area contributed by atoms with Crippen LogP contribution in [0.1, 0.15) is 194 Å². The molecule has 0 aliphatic heterocycles. The minimum atomic E-state index is -4.64. The van der Waals surface area contributed by atoms with Crippen LogP contribution in [0.25, 0.3) is 0 Å². The lowest BCUT2D eigenvalue weighted by molar-refractivity contribution is -0.161. The maximum Gasteiger partial charge on any atom is 0.472 e. The number of hydrogen-bond donors (Lipinski definition) is 3. The highest BCUT2D eigenvalue weighted by Crippen LogP contribution is 2.43. The highest BCUT2D eigenvalue weighted by atomic mass is 31.2. The van der Waals surface area contributed by atoms with Crippen molar-refractivity contribution in [2.24, 2.45) is 5.92 Å². The zero-order valence-electron chi connectivity index (χ0n) is 35.5. The minimum Gasteiger partial charge on any atom is -0.462 e. The summed E-state index contributed by atoms with van der Waals surface area (Å²) in [7, 11) is -4.64. The van der Waals surface area contributed by atoms with Gasteiger partial charge in [0.25, 0.3) is 0 Å². The monoisotopic (exact) mass is 817 g/mol. The van der Waals surface area contributed by atoms with E-state index in [1.54, 1.807) is 12.2 Å². The molecule has 0 spiro atoms. The molecule has 0 aromatic heterocycles. The quantitative estimate of drug-likeness (QED) is 0.0177. The third-order valence-electron chi connectivity index (χ3n) is 9.51. The molecule has 11 nitrogen and oxygen atoms in total. The van der Waals surface area contributed by atoms with Crippen LogP contribution < -0.4 is 0 Å². The number of aliphatic hydroxyl groups excluding tert-OH is 2. The summed E-state index contributed by atoms with van der Waals surface area (Å²) >= 11 is 0. The van der Waals surface area contributed by atoms with Crippen LogP contribution in [0.2, 0.25) is 0 Å². The number of rotatable bonds is 41. The number of aliphatic hydroxyl groups is 2. The first-order chi connectivity index (χ1) is 27.0. The zero-order chi connectivity index (χ0) is 41.5. The summed E-state index contributed by atoms with van der Waals surface area (Å²) in [5.41, 5.74) is 0. The van der Waals surface area contributed by atoms with E-state index in [4.69, 9.17) is 19.1 Å². The Balaban J connectivity index is 4.34. The lowest BCUT2D eigenvalue weighted by atomic mass is 10.0. The first kappa shape index (κ1) is 54.1. The highest BCUT2D eigenvalue weighted by Gasteiger charge is 2.27. The maximum absolute atomic E-state index is 12.6. The van der Waals surface area contributed by atoms with Crippen LogP contribution in [0.5, 0.6) is 0 Å². The molecule has 328 valence electrons. The van der Waals surface area contributed by atoms with Gasteiger partial charge in [-0.25, -0.2) is 4.57 Å². The molecule has 0 amide bonds. The predicted molar refractivity (Wildman–Crippen MR) is 224 cm³/mol. The SMILES string of the molecule is CCCCC/C=C\C=C\C(=O)CCCCCCCC(=O)OC[C@H](COP(=O)(O)OC[C@@H](O)CO)OC(=O)CCCCCCCCCCCCCCCCC(C)C. The number of phosphoric ester groups is 1. The molecule has 1 unspecified atom stereocenters. The third kappa shape index (κ3) is 39.0. The van der Waals surface area contributed by atoms with Gasteiger partial charge < -0.3 is 24.6 Å². The van der Waals surface area contributed by atoms with E-state index in [-0.39, 0.29) is 25.2 Å². The number of carbonyl (C=O) groups is 3. The van der Waals surface area contributed by atoms with Gasteiger partial charge in [0.2, 0.25) is 0 Å². The fourth-order valence-corrected chi connectivity index (χ4v) is 6.83. The van der Waals surface area contributed by atoms with Crippen molar-refractivity contribution in [3.8, 4) is 0 Å². The molecule has 0 radical (unpaired) electrons. The second-order valence-electron chi connectivity index (χ2n) is 15.6. The van der Waals surface area contributed by atoms with Crippen LogP contribution in [0.4, 0.5) is 0 Å². The second-order valence-corrected chi connectivity index (χ2v) is 17.0. The van der Waals surface area contributed by atoms with Gasteiger partial charge in [0.05, 0.1) is 19.8 Å². The normalized spacial score (nSPS) is 14.1. The summed E-state index contributed by atoms with van der Waals surface area (Å²) in [5, 5.41) is 18.3. The van der Waals surface area contributed by atoms with Crippen LogP contribution in [0, 0.1) is 5.92 Å². The molecule has 56 heavy (non-hydrogen) atoms. The van der Waals surface area contributed by atoms with Crippen molar-refractivity contribution >= 4 is 25.5 Å². The van der Waals surface area contributed by atoms with Gasteiger partial charge in [-0.05, 0) is 44.1 Å². The summed E-state index contributed by atoms with van der Waals surface area (Å²) < 4.78 is 32.6. The highest BCUT2D eigenvalue weighted by molar-refractivity contribution is 7.47. The number of carbonyl (C=O) groups excluding carboxylic acids is 3. The van der Waals surface area contributed by atoms with Crippen LogP contribution in [-0.4, -0.2) is 71.5 Å².